The van der Waals surface area contributed by atoms with E-state index in [9.17, 15) is 20.1 Å². The van der Waals surface area contributed by atoms with Gasteiger partial charge in [-0.1, -0.05) is 53.9 Å². The van der Waals surface area contributed by atoms with E-state index < -0.39 is 29.3 Å². The van der Waals surface area contributed by atoms with Gasteiger partial charge in [-0.15, -0.1) is 0 Å². The number of rotatable bonds is 6. The summed E-state index contributed by atoms with van der Waals surface area (Å²) in [6, 6.07) is 0. The molecule has 34 heavy (non-hydrogen) atoms. The summed E-state index contributed by atoms with van der Waals surface area (Å²) in [5.74, 6) is 2.35. The summed E-state index contributed by atoms with van der Waals surface area (Å²) in [6.45, 7) is 13.0. The Morgan fingerprint density at radius 1 is 1.00 bits per heavy atom. The highest BCUT2D eigenvalue weighted by molar-refractivity contribution is 5.66. The monoisotopic (exact) mass is 478 g/mol. The number of ether oxygens (including phenoxy) is 1. The zero-order valence-electron chi connectivity index (χ0n) is 22.4. The summed E-state index contributed by atoms with van der Waals surface area (Å²) in [5, 5.41) is 34.8. The predicted molar refractivity (Wildman–Crippen MR) is 133 cm³/mol. The minimum absolute atomic E-state index is 0.0252. The van der Waals surface area contributed by atoms with Gasteiger partial charge in [0.2, 0.25) is 0 Å². The molecular formula is C29H50O5. The lowest BCUT2D eigenvalue weighted by atomic mass is 9.41. The topological polar surface area (TPSA) is 87.0 Å². The first-order valence-electron chi connectivity index (χ1n) is 14.1. The summed E-state index contributed by atoms with van der Waals surface area (Å²) in [7, 11) is 0. The molecule has 4 fully saturated rings. The molecule has 0 aromatic carbocycles. The molecule has 5 nitrogen and oxygen atoms in total. The van der Waals surface area contributed by atoms with Crippen LogP contribution in [0, 0.1) is 46.3 Å². The van der Waals surface area contributed by atoms with E-state index in [1.54, 1.807) is 0 Å². The van der Waals surface area contributed by atoms with Gasteiger partial charge < -0.3 is 20.1 Å². The van der Waals surface area contributed by atoms with E-state index in [4.69, 9.17) is 4.74 Å². The highest BCUT2D eigenvalue weighted by Crippen LogP contribution is 2.69. The first-order valence-corrected chi connectivity index (χ1v) is 14.1. The molecule has 0 bridgehead atoms. The van der Waals surface area contributed by atoms with Crippen molar-refractivity contribution in [3.05, 3.63) is 0 Å². The number of fused-ring (bicyclic) bond motifs is 5. The van der Waals surface area contributed by atoms with Crippen molar-refractivity contribution in [2.45, 2.75) is 130 Å². The molecule has 0 aliphatic heterocycles. The molecule has 11 atom stereocenters. The van der Waals surface area contributed by atoms with Crippen molar-refractivity contribution in [3.8, 4) is 0 Å². The summed E-state index contributed by atoms with van der Waals surface area (Å²) >= 11 is 0. The number of aliphatic hydroxyl groups excluding tert-OH is 2. The average molecular weight is 479 g/mol. The van der Waals surface area contributed by atoms with Crippen LogP contribution in [-0.2, 0) is 9.53 Å². The lowest BCUT2D eigenvalue weighted by Crippen LogP contribution is -2.73. The van der Waals surface area contributed by atoms with Crippen molar-refractivity contribution in [2.75, 3.05) is 0 Å². The third-order valence-electron chi connectivity index (χ3n) is 11.4. The second-order valence-corrected chi connectivity index (χ2v) is 13.6. The van der Waals surface area contributed by atoms with Crippen molar-refractivity contribution >= 4 is 5.97 Å². The van der Waals surface area contributed by atoms with Crippen LogP contribution >= 0.6 is 0 Å². The Morgan fingerprint density at radius 3 is 2.35 bits per heavy atom. The first kappa shape index (κ1) is 26.4. The zero-order valence-corrected chi connectivity index (χ0v) is 22.4. The fraction of sp³-hybridized carbons (Fsp3) is 0.966. The number of carbonyl (C=O) groups excluding carboxylic acids is 1. The SMILES string of the molecule is CC(=O)O[C@H]1CC[C@]2(C)[C@H]3CC[C@]4(C)[C@@H]([C@H](C)CCCC(C)C)CC[C@H]4[C@@H]3[C@@H](O)[C@@H](O)[C@@]2(O)C1. The Labute approximate surface area is 207 Å². The van der Waals surface area contributed by atoms with Crippen molar-refractivity contribution in [3.63, 3.8) is 0 Å². The van der Waals surface area contributed by atoms with Crippen LogP contribution in [0.25, 0.3) is 0 Å². The Hall–Kier alpha value is -0.650. The molecule has 4 aliphatic rings. The second-order valence-electron chi connectivity index (χ2n) is 13.6. The zero-order chi connectivity index (χ0) is 25.1. The largest absolute Gasteiger partial charge is 0.462 e. The number of hydrogen-bond donors (Lipinski definition) is 3. The molecule has 0 heterocycles. The van der Waals surface area contributed by atoms with E-state index in [2.05, 4.69) is 34.6 Å². The van der Waals surface area contributed by atoms with Crippen LogP contribution in [0.4, 0.5) is 0 Å². The number of aliphatic hydroxyl groups is 3. The van der Waals surface area contributed by atoms with Crippen LogP contribution in [0.5, 0.6) is 0 Å². The molecule has 5 heteroatoms. The Balaban J connectivity index is 1.56. The molecule has 0 saturated heterocycles. The van der Waals surface area contributed by atoms with Crippen LogP contribution in [0.15, 0.2) is 0 Å². The molecule has 3 N–H and O–H groups in total. The van der Waals surface area contributed by atoms with Gasteiger partial charge in [-0.3, -0.25) is 4.79 Å². The van der Waals surface area contributed by atoms with Crippen LogP contribution < -0.4 is 0 Å². The average Bonchev–Trinajstić information content (AvgIpc) is 3.10. The van der Waals surface area contributed by atoms with Crippen molar-refractivity contribution in [1.82, 2.24) is 0 Å². The molecule has 0 aromatic rings. The highest BCUT2D eigenvalue weighted by Gasteiger charge is 2.70. The lowest BCUT2D eigenvalue weighted by Gasteiger charge is -2.66. The maximum absolute atomic E-state index is 11.9. The Morgan fingerprint density at radius 2 is 1.71 bits per heavy atom. The minimum atomic E-state index is -1.43. The normalized spacial score (nSPS) is 49.2. The van der Waals surface area contributed by atoms with E-state index >= 15 is 0 Å². The number of hydrogen-bond acceptors (Lipinski definition) is 5. The van der Waals surface area contributed by atoms with Gasteiger partial charge in [-0.05, 0) is 79.4 Å². The van der Waals surface area contributed by atoms with Crippen molar-refractivity contribution in [2.24, 2.45) is 46.3 Å². The summed E-state index contributed by atoms with van der Waals surface area (Å²) < 4.78 is 5.45. The standard InChI is InChI=1S/C29H50O5/c1-17(2)8-7-9-18(3)21-10-11-22-24-23(13-14-27(21,22)5)28(6)15-12-20(34-19(4)30)16-29(28,33)26(32)25(24)31/h17-18,20-26,31-33H,7-16H2,1-6H3/t18-,20+,21-,22+,23+,24+,25-,26-,27-,28-,29+/m1/s1. The van der Waals surface area contributed by atoms with Crippen LogP contribution in [-0.4, -0.2) is 45.2 Å². The molecule has 4 aliphatic carbocycles. The van der Waals surface area contributed by atoms with Crippen LogP contribution in [0.1, 0.15) is 106 Å². The summed E-state index contributed by atoms with van der Waals surface area (Å²) in [4.78, 5) is 11.6. The Bertz CT molecular complexity index is 753. The number of esters is 1. The molecule has 4 rings (SSSR count). The smallest absolute Gasteiger partial charge is 0.302 e. The quantitative estimate of drug-likeness (QED) is 0.463. The number of carbonyl (C=O) groups is 1. The van der Waals surface area contributed by atoms with Gasteiger partial charge in [0.25, 0.3) is 0 Å². The van der Waals surface area contributed by atoms with Gasteiger partial charge in [0.1, 0.15) is 17.8 Å². The van der Waals surface area contributed by atoms with E-state index in [0.717, 1.165) is 25.2 Å². The molecule has 4 saturated carbocycles. The van der Waals surface area contributed by atoms with E-state index in [1.165, 1.54) is 32.6 Å². The molecular weight excluding hydrogens is 428 g/mol. The minimum Gasteiger partial charge on any atom is -0.462 e. The molecule has 0 amide bonds. The molecule has 0 radical (unpaired) electrons. The molecule has 0 aromatic heterocycles. The maximum Gasteiger partial charge on any atom is 0.302 e. The van der Waals surface area contributed by atoms with Crippen LogP contribution in [0.2, 0.25) is 0 Å². The van der Waals surface area contributed by atoms with Gasteiger partial charge >= 0.3 is 5.97 Å². The van der Waals surface area contributed by atoms with E-state index in [-0.39, 0.29) is 29.6 Å². The maximum atomic E-state index is 11.9. The third kappa shape index (κ3) is 4.06. The van der Waals surface area contributed by atoms with Gasteiger partial charge in [0.05, 0.1) is 6.10 Å². The van der Waals surface area contributed by atoms with Gasteiger partial charge in [0.15, 0.2) is 0 Å². The van der Waals surface area contributed by atoms with Crippen molar-refractivity contribution < 1.29 is 24.9 Å². The summed E-state index contributed by atoms with van der Waals surface area (Å²) in [6.07, 6.45) is 7.42. The highest BCUT2D eigenvalue weighted by atomic mass is 16.5. The molecule has 0 unspecified atom stereocenters. The molecule has 196 valence electrons. The second kappa shape index (κ2) is 9.34. The van der Waals surface area contributed by atoms with Gasteiger partial charge in [0, 0.05) is 18.8 Å². The van der Waals surface area contributed by atoms with Crippen LogP contribution in [0.3, 0.4) is 0 Å². The summed E-state index contributed by atoms with van der Waals surface area (Å²) in [5.41, 5.74) is -1.71. The van der Waals surface area contributed by atoms with Gasteiger partial charge in [-0.25, -0.2) is 0 Å². The molecule has 0 spiro atoms. The first-order chi connectivity index (χ1) is 15.8. The fourth-order valence-corrected chi connectivity index (χ4v) is 9.59. The van der Waals surface area contributed by atoms with Crippen molar-refractivity contribution in [1.29, 1.82) is 0 Å². The predicted octanol–water partition coefficient (Wildman–Crippen LogP) is 5.10. The lowest BCUT2D eigenvalue weighted by molar-refractivity contribution is -0.298. The third-order valence-corrected chi connectivity index (χ3v) is 11.4. The van der Waals surface area contributed by atoms with E-state index in [1.807, 2.05) is 0 Å². The Kier molecular flexibility index (Phi) is 7.25. The van der Waals surface area contributed by atoms with E-state index in [0.29, 0.717) is 30.6 Å². The fourth-order valence-electron chi connectivity index (χ4n) is 9.59. The van der Waals surface area contributed by atoms with Gasteiger partial charge in [-0.2, -0.15) is 0 Å².